The van der Waals surface area contributed by atoms with Crippen LogP contribution in [0.5, 0.6) is 5.88 Å². The largest absolute Gasteiger partial charge is 0.475 e. The van der Waals surface area contributed by atoms with Crippen molar-refractivity contribution in [1.82, 2.24) is 15.3 Å². The zero-order chi connectivity index (χ0) is 28.8. The lowest BCUT2D eigenvalue weighted by Crippen LogP contribution is -2.50. The standard InChI is InChI=1S/C28H34FN5O5S/c1-16(2)30-6-7-39-26-23(33-40(5,36)37)8-18(13-32-26)19-9-20-22(10-21(19)29)31-14-24-25(20)28(27(35)34(24)3)11-17(12-28)15-38-4/h8-10,13-14,16-17,30,33H,6-7,11-12,15H2,1-5H3/t17-,28+. The van der Waals surface area contributed by atoms with Crippen LogP contribution in [0.15, 0.2) is 30.6 Å². The number of hydrogen-bond donors (Lipinski definition) is 2. The van der Waals surface area contributed by atoms with Gasteiger partial charge in [-0.15, -0.1) is 0 Å². The molecule has 3 aromatic rings. The van der Waals surface area contributed by atoms with E-state index >= 15 is 4.39 Å². The number of nitrogens with one attached hydrogen (secondary N) is 2. The van der Waals surface area contributed by atoms with Crippen molar-refractivity contribution in [2.75, 3.05) is 49.8 Å². The molecule has 1 aromatic carbocycles. The number of sulfonamides is 1. The molecule has 5 rings (SSSR count). The minimum atomic E-state index is -3.67. The molecule has 10 nitrogen and oxygen atoms in total. The number of benzene rings is 1. The Kier molecular flexibility index (Phi) is 7.45. The maximum absolute atomic E-state index is 15.5. The van der Waals surface area contributed by atoms with E-state index in [1.165, 1.54) is 18.3 Å². The first-order valence-electron chi connectivity index (χ1n) is 13.2. The summed E-state index contributed by atoms with van der Waals surface area (Å²) in [6.45, 7) is 5.38. The molecular weight excluding hydrogens is 537 g/mol. The first kappa shape index (κ1) is 28.2. The molecule has 1 aliphatic carbocycles. The van der Waals surface area contributed by atoms with Crippen LogP contribution >= 0.6 is 0 Å². The number of fused-ring (bicyclic) bond motifs is 4. The minimum absolute atomic E-state index is 0.00444. The Hall–Kier alpha value is -3.35. The van der Waals surface area contributed by atoms with E-state index in [9.17, 15) is 13.2 Å². The molecule has 1 amide bonds. The van der Waals surface area contributed by atoms with E-state index in [1.54, 1.807) is 31.3 Å². The molecule has 1 saturated carbocycles. The topological polar surface area (TPSA) is 123 Å². The molecule has 0 saturated heterocycles. The summed E-state index contributed by atoms with van der Waals surface area (Å²) in [4.78, 5) is 23.8. The molecule has 3 heterocycles. The van der Waals surface area contributed by atoms with Gasteiger partial charge in [0, 0.05) is 67.7 Å². The highest BCUT2D eigenvalue weighted by Crippen LogP contribution is 2.57. The third-order valence-corrected chi connectivity index (χ3v) is 8.11. The van der Waals surface area contributed by atoms with Crippen molar-refractivity contribution >= 4 is 38.2 Å². The molecule has 2 N–H and O–H groups in total. The summed E-state index contributed by atoms with van der Waals surface area (Å²) in [5, 5.41) is 3.90. The number of carbonyl (C=O) groups is 1. The number of pyridine rings is 2. The van der Waals surface area contributed by atoms with Gasteiger partial charge in [0.1, 0.15) is 18.1 Å². The Balaban J connectivity index is 1.58. The lowest BCUT2D eigenvalue weighted by molar-refractivity contribution is -0.128. The van der Waals surface area contributed by atoms with Crippen molar-refractivity contribution in [2.24, 2.45) is 5.92 Å². The van der Waals surface area contributed by atoms with Crippen LogP contribution in [0, 0.1) is 11.7 Å². The average molecular weight is 572 g/mol. The molecule has 1 fully saturated rings. The third-order valence-electron chi connectivity index (χ3n) is 7.52. The van der Waals surface area contributed by atoms with Crippen LogP contribution in [-0.4, -0.2) is 70.5 Å². The lowest BCUT2D eigenvalue weighted by atomic mass is 9.58. The summed E-state index contributed by atoms with van der Waals surface area (Å²) in [5.41, 5.74) is 1.97. The fraction of sp³-hybridized carbons (Fsp3) is 0.464. The van der Waals surface area contributed by atoms with Crippen LogP contribution in [0.25, 0.3) is 22.0 Å². The Morgan fingerprint density at radius 1 is 1.20 bits per heavy atom. The second-order valence-electron chi connectivity index (χ2n) is 11.0. The number of carbonyl (C=O) groups excluding carboxylic acids is 1. The number of aromatic nitrogens is 2. The van der Waals surface area contributed by atoms with Gasteiger partial charge in [-0.05, 0) is 30.9 Å². The van der Waals surface area contributed by atoms with Crippen LogP contribution < -0.4 is 19.7 Å². The fourth-order valence-electron chi connectivity index (χ4n) is 5.86. The maximum Gasteiger partial charge on any atom is 0.238 e. The highest BCUT2D eigenvalue weighted by molar-refractivity contribution is 7.92. The van der Waals surface area contributed by atoms with E-state index < -0.39 is 21.3 Å². The number of anilines is 2. The number of hydrogen-bond acceptors (Lipinski definition) is 8. The van der Waals surface area contributed by atoms with Crippen LogP contribution in [0.3, 0.4) is 0 Å². The number of amides is 1. The number of ether oxygens (including phenoxy) is 2. The minimum Gasteiger partial charge on any atom is -0.475 e. The predicted molar refractivity (Wildman–Crippen MR) is 152 cm³/mol. The molecule has 2 aliphatic rings. The molecule has 1 aliphatic heterocycles. The first-order chi connectivity index (χ1) is 18.9. The Labute approximate surface area is 233 Å². The number of nitrogens with zero attached hydrogens (tertiary/aromatic N) is 3. The Morgan fingerprint density at radius 3 is 2.62 bits per heavy atom. The van der Waals surface area contributed by atoms with Crippen molar-refractivity contribution in [2.45, 2.75) is 38.1 Å². The molecule has 0 bridgehead atoms. The van der Waals surface area contributed by atoms with Gasteiger partial charge in [0.25, 0.3) is 0 Å². The normalized spacial score (nSPS) is 20.3. The highest BCUT2D eigenvalue weighted by Gasteiger charge is 2.58. The molecule has 0 radical (unpaired) electrons. The van der Waals surface area contributed by atoms with Gasteiger partial charge in [0.15, 0.2) is 0 Å². The monoisotopic (exact) mass is 571 g/mol. The van der Waals surface area contributed by atoms with E-state index in [1.807, 2.05) is 13.8 Å². The van der Waals surface area contributed by atoms with Crippen LogP contribution in [0.2, 0.25) is 0 Å². The predicted octanol–water partition coefficient (Wildman–Crippen LogP) is 3.45. The van der Waals surface area contributed by atoms with E-state index in [-0.39, 0.29) is 41.6 Å². The molecule has 214 valence electrons. The summed E-state index contributed by atoms with van der Waals surface area (Å²) >= 11 is 0. The van der Waals surface area contributed by atoms with Gasteiger partial charge in [-0.1, -0.05) is 13.8 Å². The van der Waals surface area contributed by atoms with Gasteiger partial charge in [-0.2, -0.15) is 0 Å². The van der Waals surface area contributed by atoms with Gasteiger partial charge in [0.05, 0.1) is 29.1 Å². The number of methoxy groups -OCH3 is 1. The number of halogens is 1. The lowest BCUT2D eigenvalue weighted by Gasteiger charge is -2.44. The summed E-state index contributed by atoms with van der Waals surface area (Å²) in [6, 6.07) is 4.80. The number of rotatable bonds is 10. The molecule has 0 atom stereocenters. The zero-order valence-electron chi connectivity index (χ0n) is 23.2. The van der Waals surface area contributed by atoms with Gasteiger partial charge >= 0.3 is 0 Å². The van der Waals surface area contributed by atoms with Crippen molar-refractivity contribution in [3.8, 4) is 17.0 Å². The number of likely N-dealkylation sites (N-methyl/N-ethyl adjacent to an activating group) is 1. The molecule has 40 heavy (non-hydrogen) atoms. The van der Waals surface area contributed by atoms with Crippen molar-refractivity contribution < 1.29 is 27.1 Å². The Bertz CT molecular complexity index is 1570. The second-order valence-corrected chi connectivity index (χ2v) is 12.7. The highest BCUT2D eigenvalue weighted by atomic mass is 32.2. The SMILES string of the molecule is COC[C@H]1C[C@]2(C1)C(=O)N(C)c1cnc3cc(F)c(-c4cnc(OCCNC(C)C)c(NS(C)(=O)=O)c4)cc3c12. The summed E-state index contributed by atoms with van der Waals surface area (Å²) in [5.74, 6) is -0.189. The second kappa shape index (κ2) is 10.6. The molecule has 1 spiro atoms. The van der Waals surface area contributed by atoms with Gasteiger partial charge in [0.2, 0.25) is 21.8 Å². The van der Waals surface area contributed by atoms with Crippen LogP contribution in [-0.2, 0) is 25.0 Å². The molecule has 12 heteroatoms. The van der Waals surface area contributed by atoms with Gasteiger partial charge in [-0.3, -0.25) is 14.5 Å². The molecule has 2 aromatic heterocycles. The smallest absolute Gasteiger partial charge is 0.238 e. The fourth-order valence-corrected chi connectivity index (χ4v) is 6.41. The van der Waals surface area contributed by atoms with E-state index in [0.29, 0.717) is 48.1 Å². The first-order valence-corrected chi connectivity index (χ1v) is 15.1. The summed E-state index contributed by atoms with van der Waals surface area (Å²) < 4.78 is 53.2. The molecular formula is C28H34FN5O5S. The zero-order valence-corrected chi connectivity index (χ0v) is 24.1. The van der Waals surface area contributed by atoms with E-state index in [0.717, 1.165) is 11.8 Å². The van der Waals surface area contributed by atoms with E-state index in [4.69, 9.17) is 9.47 Å². The summed E-state index contributed by atoms with van der Waals surface area (Å²) in [6.07, 6.45) is 5.39. The van der Waals surface area contributed by atoms with Gasteiger partial charge < -0.3 is 19.7 Å². The quantitative estimate of drug-likeness (QED) is 0.355. The maximum atomic E-state index is 15.5. The third kappa shape index (κ3) is 5.11. The van der Waals surface area contributed by atoms with Crippen LogP contribution in [0.1, 0.15) is 32.3 Å². The van der Waals surface area contributed by atoms with Crippen molar-refractivity contribution in [3.63, 3.8) is 0 Å². The molecule has 0 unspecified atom stereocenters. The van der Waals surface area contributed by atoms with Crippen molar-refractivity contribution in [3.05, 3.63) is 42.0 Å². The summed E-state index contributed by atoms with van der Waals surface area (Å²) in [7, 11) is -0.287. The van der Waals surface area contributed by atoms with E-state index in [2.05, 4.69) is 20.0 Å². The average Bonchev–Trinajstić information content (AvgIpc) is 3.08. The Morgan fingerprint density at radius 2 is 1.95 bits per heavy atom. The van der Waals surface area contributed by atoms with Crippen molar-refractivity contribution in [1.29, 1.82) is 0 Å². The van der Waals surface area contributed by atoms with Crippen LogP contribution in [0.4, 0.5) is 15.8 Å². The van der Waals surface area contributed by atoms with Gasteiger partial charge in [-0.25, -0.2) is 17.8 Å².